The van der Waals surface area contributed by atoms with Crippen molar-refractivity contribution in [3.8, 4) is 0 Å². The number of fused-ring (bicyclic) bond motifs is 1. The number of nitrogens with one attached hydrogen (secondary N) is 2. The fraction of sp³-hybridized carbons (Fsp3) is 0.412. The number of rotatable bonds is 4. The van der Waals surface area contributed by atoms with Crippen LogP contribution in [0, 0.1) is 0 Å². The molecule has 0 radical (unpaired) electrons. The molecule has 1 aliphatic heterocycles. The fourth-order valence-electron chi connectivity index (χ4n) is 2.99. The smallest absolute Gasteiger partial charge is 0.238 e. The molecule has 116 valence electrons. The van der Waals surface area contributed by atoms with Gasteiger partial charge in [-0.15, -0.1) is 0 Å². The molecule has 22 heavy (non-hydrogen) atoms. The summed E-state index contributed by atoms with van der Waals surface area (Å²) in [6, 6.07) is 8.00. The predicted molar refractivity (Wildman–Crippen MR) is 85.2 cm³/mol. The molecule has 1 amide bonds. The lowest BCUT2D eigenvalue weighted by Crippen LogP contribution is -2.48. The number of carbonyl (C=O) groups excluding carboxylic acids is 1. The predicted octanol–water partition coefficient (Wildman–Crippen LogP) is 1.79. The van der Waals surface area contributed by atoms with E-state index in [4.69, 9.17) is 0 Å². The molecule has 5 heteroatoms. The number of aromatic nitrogens is 2. The molecule has 2 unspecified atom stereocenters. The highest BCUT2D eigenvalue weighted by atomic mass is 16.2. The Balaban J connectivity index is 1.66. The quantitative estimate of drug-likeness (QED) is 0.905. The molecule has 1 aromatic heterocycles. The van der Waals surface area contributed by atoms with Gasteiger partial charge in [-0.1, -0.05) is 24.3 Å². The van der Waals surface area contributed by atoms with Gasteiger partial charge in [-0.25, -0.2) is 4.98 Å². The third-order valence-corrected chi connectivity index (χ3v) is 4.23. The van der Waals surface area contributed by atoms with Crippen LogP contribution in [0.1, 0.15) is 36.8 Å². The van der Waals surface area contributed by atoms with Gasteiger partial charge in [0.25, 0.3) is 0 Å². The van der Waals surface area contributed by atoms with Crippen molar-refractivity contribution in [3.63, 3.8) is 0 Å². The van der Waals surface area contributed by atoms with Crippen molar-refractivity contribution in [1.82, 2.24) is 20.2 Å². The lowest BCUT2D eigenvalue weighted by atomic mass is 9.95. The summed E-state index contributed by atoms with van der Waals surface area (Å²) in [4.78, 5) is 16.9. The van der Waals surface area contributed by atoms with Gasteiger partial charge in [0.2, 0.25) is 5.91 Å². The van der Waals surface area contributed by atoms with E-state index in [9.17, 15) is 4.79 Å². The molecule has 0 saturated heterocycles. The van der Waals surface area contributed by atoms with Gasteiger partial charge in [0.05, 0.1) is 12.1 Å². The molecule has 1 aromatic carbocycles. The molecule has 2 heterocycles. The van der Waals surface area contributed by atoms with Gasteiger partial charge >= 0.3 is 0 Å². The molecule has 0 aliphatic carbocycles. The van der Waals surface area contributed by atoms with Crippen LogP contribution in [0.2, 0.25) is 0 Å². The average Bonchev–Trinajstić information content (AvgIpc) is 3.03. The molecule has 0 bridgehead atoms. The van der Waals surface area contributed by atoms with Gasteiger partial charge in [0.15, 0.2) is 0 Å². The second kappa shape index (κ2) is 6.32. The Hall–Kier alpha value is -2.14. The zero-order valence-corrected chi connectivity index (χ0v) is 13.0. The first-order valence-corrected chi connectivity index (χ1v) is 7.80. The summed E-state index contributed by atoms with van der Waals surface area (Å²) in [6.45, 7) is 5.64. The highest BCUT2D eigenvalue weighted by Gasteiger charge is 2.25. The number of carbonyl (C=O) groups is 1. The molecule has 1 aliphatic rings. The van der Waals surface area contributed by atoms with E-state index in [-0.39, 0.29) is 18.0 Å². The zero-order chi connectivity index (χ0) is 15.5. The largest absolute Gasteiger partial charge is 0.345 e. The summed E-state index contributed by atoms with van der Waals surface area (Å²) >= 11 is 0. The maximum atomic E-state index is 12.5. The summed E-state index contributed by atoms with van der Waals surface area (Å²) in [6.07, 6.45) is 4.45. The second-order valence-electron chi connectivity index (χ2n) is 5.71. The van der Waals surface area contributed by atoms with Crippen molar-refractivity contribution >= 4 is 5.91 Å². The summed E-state index contributed by atoms with van der Waals surface area (Å²) in [5.74, 6) is 0.930. The van der Waals surface area contributed by atoms with Crippen LogP contribution >= 0.6 is 0 Å². The van der Waals surface area contributed by atoms with Crippen LogP contribution in [0.3, 0.4) is 0 Å². The van der Waals surface area contributed by atoms with Crippen molar-refractivity contribution in [2.75, 3.05) is 0 Å². The minimum Gasteiger partial charge on any atom is -0.345 e. The number of imidazole rings is 1. The van der Waals surface area contributed by atoms with E-state index in [0.29, 0.717) is 0 Å². The molecule has 0 fully saturated rings. The van der Waals surface area contributed by atoms with Crippen LogP contribution < -0.4 is 10.6 Å². The number of benzene rings is 1. The molecule has 3 rings (SSSR count). The third-order valence-electron chi connectivity index (χ3n) is 4.23. The van der Waals surface area contributed by atoms with E-state index in [2.05, 4.69) is 39.2 Å². The van der Waals surface area contributed by atoms with Gasteiger partial charge < -0.3 is 15.2 Å². The summed E-state index contributed by atoms with van der Waals surface area (Å²) < 4.78 is 2.05. The Morgan fingerprint density at radius 2 is 2.23 bits per heavy atom. The van der Waals surface area contributed by atoms with E-state index in [0.717, 1.165) is 25.3 Å². The number of amides is 1. The lowest BCUT2D eigenvalue weighted by molar-refractivity contribution is -0.124. The Kier molecular flexibility index (Phi) is 4.24. The number of aryl methyl sites for hydroxylation is 1. The minimum atomic E-state index is -0.178. The van der Waals surface area contributed by atoms with E-state index in [1.807, 2.05) is 25.3 Å². The van der Waals surface area contributed by atoms with Crippen molar-refractivity contribution in [2.24, 2.45) is 0 Å². The van der Waals surface area contributed by atoms with Gasteiger partial charge in [-0.05, 0) is 31.4 Å². The standard InChI is InChI=1S/C17H22N4O/c1-3-21-9-8-18-16(21)12(2)20-17(22)15-10-13-6-4-5-7-14(13)11-19-15/h4-9,12,15,19H,3,10-11H2,1-2H3,(H,20,22). The highest BCUT2D eigenvalue weighted by Crippen LogP contribution is 2.17. The molecule has 5 nitrogen and oxygen atoms in total. The van der Waals surface area contributed by atoms with Crippen molar-refractivity contribution < 1.29 is 4.79 Å². The zero-order valence-electron chi connectivity index (χ0n) is 13.0. The maximum absolute atomic E-state index is 12.5. The Bertz CT molecular complexity index is 664. The van der Waals surface area contributed by atoms with Crippen LogP contribution in [0.25, 0.3) is 0 Å². The Labute approximate surface area is 130 Å². The molecule has 2 N–H and O–H groups in total. The van der Waals surface area contributed by atoms with Crippen molar-refractivity contribution in [1.29, 1.82) is 0 Å². The molecular formula is C17H22N4O. The molecular weight excluding hydrogens is 276 g/mol. The Morgan fingerprint density at radius 1 is 1.45 bits per heavy atom. The first-order valence-electron chi connectivity index (χ1n) is 7.80. The second-order valence-corrected chi connectivity index (χ2v) is 5.71. The maximum Gasteiger partial charge on any atom is 0.238 e. The van der Waals surface area contributed by atoms with E-state index >= 15 is 0 Å². The molecule has 0 spiro atoms. The van der Waals surface area contributed by atoms with Gasteiger partial charge in [-0.2, -0.15) is 0 Å². The first-order chi connectivity index (χ1) is 10.7. The molecule has 0 saturated carbocycles. The SMILES string of the molecule is CCn1ccnc1C(C)NC(=O)C1Cc2ccccc2CN1. The number of nitrogens with zero attached hydrogens (tertiary/aromatic N) is 2. The fourth-order valence-corrected chi connectivity index (χ4v) is 2.99. The summed E-state index contributed by atoms with van der Waals surface area (Å²) in [5, 5.41) is 6.39. The van der Waals surface area contributed by atoms with Crippen molar-refractivity contribution in [3.05, 3.63) is 53.6 Å². The summed E-state index contributed by atoms with van der Waals surface area (Å²) in [5.41, 5.74) is 2.53. The molecule has 2 aromatic rings. The van der Waals surface area contributed by atoms with Crippen LogP contribution in [0.15, 0.2) is 36.7 Å². The number of hydrogen-bond donors (Lipinski definition) is 2. The van der Waals surface area contributed by atoms with E-state index in [1.165, 1.54) is 11.1 Å². The Morgan fingerprint density at radius 3 is 3.00 bits per heavy atom. The monoisotopic (exact) mass is 298 g/mol. The van der Waals surface area contributed by atoms with Gasteiger partial charge in [0, 0.05) is 25.5 Å². The topological polar surface area (TPSA) is 59.0 Å². The van der Waals surface area contributed by atoms with Crippen LogP contribution in [0.4, 0.5) is 0 Å². The number of hydrogen-bond acceptors (Lipinski definition) is 3. The highest BCUT2D eigenvalue weighted by molar-refractivity contribution is 5.82. The lowest BCUT2D eigenvalue weighted by Gasteiger charge is -2.26. The van der Waals surface area contributed by atoms with Crippen LogP contribution in [0.5, 0.6) is 0 Å². The minimum absolute atomic E-state index is 0.0349. The third kappa shape index (κ3) is 2.90. The normalized spacial score (nSPS) is 18.5. The van der Waals surface area contributed by atoms with Crippen LogP contribution in [-0.4, -0.2) is 21.5 Å². The van der Waals surface area contributed by atoms with E-state index < -0.39 is 0 Å². The van der Waals surface area contributed by atoms with Gasteiger partial charge in [-0.3, -0.25) is 4.79 Å². The van der Waals surface area contributed by atoms with Crippen molar-refractivity contribution in [2.45, 2.75) is 45.4 Å². The van der Waals surface area contributed by atoms with E-state index in [1.54, 1.807) is 6.20 Å². The average molecular weight is 298 g/mol. The van der Waals surface area contributed by atoms with Crippen LogP contribution in [-0.2, 0) is 24.3 Å². The molecule has 2 atom stereocenters. The summed E-state index contributed by atoms with van der Waals surface area (Å²) in [7, 11) is 0. The van der Waals surface area contributed by atoms with Gasteiger partial charge in [0.1, 0.15) is 5.82 Å². The first kappa shape index (κ1) is 14.8.